The number of rotatable bonds is 4. The fraction of sp³-hybridized carbons (Fsp3) is 0.200. The maximum absolute atomic E-state index is 11.8. The van der Waals surface area contributed by atoms with E-state index in [4.69, 9.17) is 10.5 Å². The van der Waals surface area contributed by atoms with Crippen LogP contribution < -0.4 is 10.6 Å². The van der Waals surface area contributed by atoms with Crippen molar-refractivity contribution in [3.8, 4) is 0 Å². The first kappa shape index (κ1) is 13.9. The number of carbonyl (C=O) groups is 1. The van der Waals surface area contributed by atoms with E-state index < -0.39 is 5.97 Å². The molecule has 2 N–H and O–H groups in total. The molecule has 20 heavy (non-hydrogen) atoms. The molecule has 0 saturated carbocycles. The van der Waals surface area contributed by atoms with Crippen LogP contribution in [0.5, 0.6) is 0 Å². The second-order valence-corrected chi connectivity index (χ2v) is 4.21. The molecule has 0 radical (unpaired) electrons. The monoisotopic (exact) mass is 271 g/mol. The summed E-state index contributed by atoms with van der Waals surface area (Å²) in [5.74, 6) is 0.0943. The van der Waals surface area contributed by atoms with Gasteiger partial charge >= 0.3 is 5.97 Å². The summed E-state index contributed by atoms with van der Waals surface area (Å²) in [6.45, 7) is 2.07. The first-order valence-corrected chi connectivity index (χ1v) is 6.35. The van der Waals surface area contributed by atoms with E-state index in [1.165, 1.54) is 0 Å². The Labute approximate surface area is 118 Å². The summed E-state index contributed by atoms with van der Waals surface area (Å²) in [5, 5.41) is 0. The molecule has 0 saturated heterocycles. The summed E-state index contributed by atoms with van der Waals surface area (Å²) in [6, 6.07) is 11.2. The number of anilines is 3. The molecule has 0 amide bonds. The van der Waals surface area contributed by atoms with Gasteiger partial charge in [-0.3, -0.25) is 0 Å². The van der Waals surface area contributed by atoms with Crippen molar-refractivity contribution in [1.29, 1.82) is 0 Å². The zero-order valence-corrected chi connectivity index (χ0v) is 11.5. The minimum absolute atomic E-state index is 0.310. The molecule has 0 aliphatic carbocycles. The maximum Gasteiger partial charge on any atom is 0.340 e. The van der Waals surface area contributed by atoms with Crippen molar-refractivity contribution < 1.29 is 9.53 Å². The number of ether oxygens (including phenoxy) is 1. The Morgan fingerprint density at radius 3 is 2.65 bits per heavy atom. The van der Waals surface area contributed by atoms with E-state index in [1.807, 2.05) is 42.3 Å². The zero-order chi connectivity index (χ0) is 14.5. The predicted molar refractivity (Wildman–Crippen MR) is 79.1 cm³/mol. The van der Waals surface area contributed by atoms with Crippen LogP contribution in [0.1, 0.15) is 17.3 Å². The topological polar surface area (TPSA) is 68.5 Å². The van der Waals surface area contributed by atoms with Crippen molar-refractivity contribution in [2.45, 2.75) is 6.92 Å². The van der Waals surface area contributed by atoms with Crippen LogP contribution in [0.15, 0.2) is 42.6 Å². The van der Waals surface area contributed by atoms with Crippen molar-refractivity contribution in [3.05, 3.63) is 48.2 Å². The summed E-state index contributed by atoms with van der Waals surface area (Å²) in [7, 11) is 1.85. The number of carbonyl (C=O) groups excluding carboxylic acids is 1. The van der Waals surface area contributed by atoms with E-state index in [0.717, 1.165) is 5.69 Å². The Hall–Kier alpha value is -2.56. The molecule has 0 atom stereocenters. The van der Waals surface area contributed by atoms with E-state index in [9.17, 15) is 4.79 Å². The van der Waals surface area contributed by atoms with Gasteiger partial charge in [-0.25, -0.2) is 9.78 Å². The number of pyridine rings is 1. The zero-order valence-electron chi connectivity index (χ0n) is 11.5. The van der Waals surface area contributed by atoms with Crippen LogP contribution in [-0.2, 0) is 4.74 Å². The van der Waals surface area contributed by atoms with Crippen LogP contribution in [0.25, 0.3) is 0 Å². The molecule has 1 aromatic heterocycles. The lowest BCUT2D eigenvalue weighted by atomic mass is 10.2. The number of nitrogens with zero attached hydrogens (tertiary/aromatic N) is 2. The van der Waals surface area contributed by atoms with Gasteiger partial charge in [-0.15, -0.1) is 0 Å². The van der Waals surface area contributed by atoms with Gasteiger partial charge in [0.15, 0.2) is 5.82 Å². The highest BCUT2D eigenvalue weighted by Gasteiger charge is 2.17. The molecule has 5 nitrogen and oxygen atoms in total. The summed E-state index contributed by atoms with van der Waals surface area (Å²) in [6.07, 6.45) is 1.55. The third-order valence-corrected chi connectivity index (χ3v) is 2.93. The van der Waals surface area contributed by atoms with Gasteiger partial charge in [0.05, 0.1) is 17.9 Å². The largest absolute Gasteiger partial charge is 0.462 e. The molecule has 0 bridgehead atoms. The van der Waals surface area contributed by atoms with Gasteiger partial charge in [0.1, 0.15) is 0 Å². The molecule has 0 aliphatic heterocycles. The minimum Gasteiger partial charge on any atom is -0.462 e. The number of para-hydroxylation sites is 1. The molecule has 2 aromatic rings. The Morgan fingerprint density at radius 1 is 1.30 bits per heavy atom. The van der Waals surface area contributed by atoms with Gasteiger partial charge in [-0.05, 0) is 25.1 Å². The first-order chi connectivity index (χ1) is 9.65. The second-order valence-electron chi connectivity index (χ2n) is 4.21. The molecule has 5 heteroatoms. The molecule has 0 spiro atoms. The van der Waals surface area contributed by atoms with Crippen LogP contribution in [0.4, 0.5) is 17.2 Å². The van der Waals surface area contributed by atoms with Crippen molar-refractivity contribution in [2.24, 2.45) is 0 Å². The Balaban J connectivity index is 2.38. The van der Waals surface area contributed by atoms with E-state index in [-0.39, 0.29) is 0 Å². The van der Waals surface area contributed by atoms with Gasteiger partial charge in [0.25, 0.3) is 0 Å². The third-order valence-electron chi connectivity index (χ3n) is 2.93. The summed E-state index contributed by atoms with van der Waals surface area (Å²) in [5.41, 5.74) is 7.64. The quantitative estimate of drug-likeness (QED) is 0.866. The van der Waals surface area contributed by atoms with Crippen LogP contribution >= 0.6 is 0 Å². The molecule has 0 unspecified atom stereocenters. The van der Waals surface area contributed by atoms with Crippen LogP contribution in [0, 0.1) is 0 Å². The summed E-state index contributed by atoms with van der Waals surface area (Å²) < 4.78 is 4.98. The highest BCUT2D eigenvalue weighted by Crippen LogP contribution is 2.29. The molecule has 1 heterocycles. The highest BCUT2D eigenvalue weighted by molar-refractivity contribution is 5.98. The van der Waals surface area contributed by atoms with Gasteiger partial charge in [0.2, 0.25) is 0 Å². The average Bonchev–Trinajstić information content (AvgIpc) is 2.48. The summed E-state index contributed by atoms with van der Waals surface area (Å²) in [4.78, 5) is 17.9. The van der Waals surface area contributed by atoms with E-state index in [2.05, 4.69) is 4.98 Å². The standard InChI is InChI=1S/C15H17N3O2/c1-3-20-15(19)12-9-10-17-14(13(12)16)18(2)11-7-5-4-6-8-11/h4-10H,3,16H2,1-2H3. The summed E-state index contributed by atoms with van der Waals surface area (Å²) >= 11 is 0. The molecule has 2 rings (SSSR count). The minimum atomic E-state index is -0.435. The lowest BCUT2D eigenvalue weighted by molar-refractivity contribution is 0.0527. The van der Waals surface area contributed by atoms with Crippen molar-refractivity contribution in [2.75, 3.05) is 24.3 Å². The number of nitrogens with two attached hydrogens (primary N) is 1. The average molecular weight is 271 g/mol. The van der Waals surface area contributed by atoms with Crippen molar-refractivity contribution in [1.82, 2.24) is 4.98 Å². The van der Waals surface area contributed by atoms with Gasteiger partial charge < -0.3 is 15.4 Å². The maximum atomic E-state index is 11.8. The number of benzene rings is 1. The smallest absolute Gasteiger partial charge is 0.340 e. The lowest BCUT2D eigenvalue weighted by Gasteiger charge is -2.20. The lowest BCUT2D eigenvalue weighted by Crippen LogP contribution is -2.16. The SMILES string of the molecule is CCOC(=O)c1ccnc(N(C)c2ccccc2)c1N. The Kier molecular flexibility index (Phi) is 4.20. The normalized spacial score (nSPS) is 10.1. The van der Waals surface area contributed by atoms with Crippen LogP contribution in [0.2, 0.25) is 0 Å². The molecular formula is C15H17N3O2. The Morgan fingerprint density at radius 2 is 2.00 bits per heavy atom. The van der Waals surface area contributed by atoms with E-state index in [1.54, 1.807) is 19.2 Å². The van der Waals surface area contributed by atoms with Crippen LogP contribution in [-0.4, -0.2) is 24.6 Å². The van der Waals surface area contributed by atoms with Gasteiger partial charge in [-0.1, -0.05) is 18.2 Å². The Bertz CT molecular complexity index is 599. The predicted octanol–water partition coefficient (Wildman–Crippen LogP) is 2.61. The number of esters is 1. The fourth-order valence-corrected chi connectivity index (χ4v) is 1.89. The van der Waals surface area contributed by atoms with E-state index in [0.29, 0.717) is 23.7 Å². The number of hydrogen-bond donors (Lipinski definition) is 1. The second kappa shape index (κ2) is 6.06. The van der Waals surface area contributed by atoms with Crippen LogP contribution in [0.3, 0.4) is 0 Å². The number of aromatic nitrogens is 1. The fourth-order valence-electron chi connectivity index (χ4n) is 1.89. The van der Waals surface area contributed by atoms with Gasteiger partial charge in [-0.2, -0.15) is 0 Å². The number of nitrogen functional groups attached to an aromatic ring is 1. The first-order valence-electron chi connectivity index (χ1n) is 6.35. The van der Waals surface area contributed by atoms with Gasteiger partial charge in [0, 0.05) is 18.9 Å². The molecule has 0 aliphatic rings. The molecule has 0 fully saturated rings. The highest BCUT2D eigenvalue weighted by atomic mass is 16.5. The number of hydrogen-bond acceptors (Lipinski definition) is 5. The molecule has 104 valence electrons. The van der Waals surface area contributed by atoms with Crippen molar-refractivity contribution >= 4 is 23.2 Å². The van der Waals surface area contributed by atoms with E-state index >= 15 is 0 Å². The van der Waals surface area contributed by atoms with Crippen molar-refractivity contribution in [3.63, 3.8) is 0 Å². The third kappa shape index (κ3) is 2.71. The molecule has 1 aromatic carbocycles. The molecular weight excluding hydrogens is 254 g/mol.